The fraction of sp³-hybridized carbons (Fsp3) is 0.400. The Kier molecular flexibility index (Phi) is 5.01. The summed E-state index contributed by atoms with van der Waals surface area (Å²) in [5, 5.41) is 4.05. The van der Waals surface area contributed by atoms with Gasteiger partial charge in [0.1, 0.15) is 5.82 Å². The summed E-state index contributed by atoms with van der Waals surface area (Å²) in [4.78, 5) is 0.270. The van der Waals surface area contributed by atoms with E-state index >= 15 is 0 Å². The highest BCUT2D eigenvalue weighted by Gasteiger charge is 2.15. The van der Waals surface area contributed by atoms with Crippen LogP contribution in [0.3, 0.4) is 0 Å². The van der Waals surface area contributed by atoms with Gasteiger partial charge in [-0.15, -0.1) is 0 Å². The number of aromatic nitrogens is 2. The van der Waals surface area contributed by atoms with Crippen LogP contribution in [0.2, 0.25) is 0 Å². The number of sulfonamides is 1. The van der Waals surface area contributed by atoms with Crippen molar-refractivity contribution in [1.82, 2.24) is 9.78 Å². The van der Waals surface area contributed by atoms with E-state index in [1.165, 1.54) is 0 Å². The van der Waals surface area contributed by atoms with Crippen molar-refractivity contribution in [2.24, 2.45) is 0 Å². The molecule has 0 spiro atoms. The Balaban J connectivity index is 2.16. The van der Waals surface area contributed by atoms with E-state index in [2.05, 4.69) is 16.7 Å². The van der Waals surface area contributed by atoms with E-state index in [9.17, 15) is 8.42 Å². The van der Waals surface area contributed by atoms with Gasteiger partial charge in [0, 0.05) is 12.6 Å². The van der Waals surface area contributed by atoms with E-state index < -0.39 is 10.0 Å². The molecule has 21 heavy (non-hydrogen) atoms. The molecule has 0 aliphatic carbocycles. The number of hydrogen-bond donors (Lipinski definition) is 1. The molecular weight excluding hydrogens is 286 g/mol. The Bertz CT molecular complexity index is 675. The highest BCUT2D eigenvalue weighted by molar-refractivity contribution is 7.92. The standard InChI is InChI=1S/C15H21N3O2S/c1-3-5-6-13-7-9-14(10-8-13)21(19,20)17-15-11-12-16-18(15)4-2/h7-12,17H,3-6H2,1-2H3. The first-order chi connectivity index (χ1) is 10.1. The average Bonchev–Trinajstić information content (AvgIpc) is 2.92. The second-order valence-electron chi connectivity index (χ2n) is 4.89. The maximum absolute atomic E-state index is 12.3. The quantitative estimate of drug-likeness (QED) is 0.855. The predicted octanol–water partition coefficient (Wildman–Crippen LogP) is 3.05. The van der Waals surface area contributed by atoms with Crippen LogP contribution < -0.4 is 4.72 Å². The topological polar surface area (TPSA) is 64.0 Å². The van der Waals surface area contributed by atoms with Crippen LogP contribution in [0.15, 0.2) is 41.4 Å². The average molecular weight is 307 g/mol. The SMILES string of the molecule is CCCCc1ccc(S(=O)(=O)Nc2ccnn2CC)cc1. The fourth-order valence-electron chi connectivity index (χ4n) is 2.08. The van der Waals surface area contributed by atoms with E-state index in [0.29, 0.717) is 12.4 Å². The van der Waals surface area contributed by atoms with Gasteiger partial charge in [-0.3, -0.25) is 4.72 Å². The Morgan fingerprint density at radius 2 is 1.86 bits per heavy atom. The Labute approximate surface area is 126 Å². The largest absolute Gasteiger partial charge is 0.264 e. The van der Waals surface area contributed by atoms with Gasteiger partial charge in [-0.2, -0.15) is 5.10 Å². The number of nitrogens with one attached hydrogen (secondary N) is 1. The number of nitrogens with zero attached hydrogens (tertiary/aromatic N) is 2. The second-order valence-corrected chi connectivity index (χ2v) is 6.57. The van der Waals surface area contributed by atoms with Gasteiger partial charge in [0.2, 0.25) is 0 Å². The molecule has 0 radical (unpaired) electrons. The van der Waals surface area contributed by atoms with Crippen molar-refractivity contribution in [1.29, 1.82) is 0 Å². The van der Waals surface area contributed by atoms with Crippen molar-refractivity contribution in [3.63, 3.8) is 0 Å². The minimum Gasteiger partial charge on any atom is -0.264 e. The van der Waals surface area contributed by atoms with E-state index in [0.717, 1.165) is 24.8 Å². The second kappa shape index (κ2) is 6.76. The molecule has 0 atom stereocenters. The van der Waals surface area contributed by atoms with Crippen LogP contribution in [-0.4, -0.2) is 18.2 Å². The molecule has 0 saturated heterocycles. The maximum Gasteiger partial charge on any atom is 0.263 e. The molecule has 0 saturated carbocycles. The van der Waals surface area contributed by atoms with Gasteiger partial charge in [-0.1, -0.05) is 25.5 Å². The number of unbranched alkanes of at least 4 members (excludes halogenated alkanes) is 1. The lowest BCUT2D eigenvalue weighted by atomic mass is 10.1. The molecule has 0 unspecified atom stereocenters. The first kappa shape index (κ1) is 15.6. The molecule has 0 fully saturated rings. The van der Waals surface area contributed by atoms with Crippen LogP contribution in [0.5, 0.6) is 0 Å². The molecule has 2 aromatic rings. The third-order valence-corrected chi connectivity index (χ3v) is 4.68. The first-order valence-corrected chi connectivity index (χ1v) is 8.68. The molecule has 1 aromatic heterocycles. The van der Waals surface area contributed by atoms with Gasteiger partial charge in [0.15, 0.2) is 0 Å². The smallest absolute Gasteiger partial charge is 0.263 e. The van der Waals surface area contributed by atoms with Crippen LogP contribution in [0.1, 0.15) is 32.3 Å². The molecule has 5 nitrogen and oxygen atoms in total. The molecule has 114 valence electrons. The zero-order valence-corrected chi connectivity index (χ0v) is 13.2. The molecule has 0 bridgehead atoms. The van der Waals surface area contributed by atoms with Gasteiger partial charge in [0.05, 0.1) is 11.1 Å². The lowest BCUT2D eigenvalue weighted by Gasteiger charge is -2.10. The van der Waals surface area contributed by atoms with Crippen molar-refractivity contribution in [3.8, 4) is 0 Å². The highest BCUT2D eigenvalue weighted by atomic mass is 32.2. The molecule has 6 heteroatoms. The van der Waals surface area contributed by atoms with Gasteiger partial charge in [0.25, 0.3) is 10.0 Å². The molecular formula is C15H21N3O2S. The third-order valence-electron chi connectivity index (χ3n) is 3.31. The molecule has 0 aliphatic heterocycles. The summed E-state index contributed by atoms with van der Waals surface area (Å²) in [6.07, 6.45) is 4.80. The normalized spacial score (nSPS) is 11.5. The van der Waals surface area contributed by atoms with Gasteiger partial charge in [-0.05, 0) is 37.5 Å². The van der Waals surface area contributed by atoms with Crippen molar-refractivity contribution < 1.29 is 8.42 Å². The first-order valence-electron chi connectivity index (χ1n) is 7.20. The van der Waals surface area contributed by atoms with Crippen molar-refractivity contribution in [2.75, 3.05) is 4.72 Å². The van der Waals surface area contributed by atoms with Crippen molar-refractivity contribution >= 4 is 15.8 Å². The van der Waals surface area contributed by atoms with E-state index in [1.54, 1.807) is 29.1 Å². The van der Waals surface area contributed by atoms with Crippen LogP contribution in [-0.2, 0) is 23.0 Å². The molecule has 1 N–H and O–H groups in total. The van der Waals surface area contributed by atoms with Gasteiger partial charge >= 0.3 is 0 Å². The van der Waals surface area contributed by atoms with Gasteiger partial charge in [-0.25, -0.2) is 13.1 Å². The van der Waals surface area contributed by atoms with Crippen molar-refractivity contribution in [3.05, 3.63) is 42.1 Å². The fourth-order valence-corrected chi connectivity index (χ4v) is 3.15. The summed E-state index contributed by atoms with van der Waals surface area (Å²) in [6, 6.07) is 8.71. The third kappa shape index (κ3) is 3.85. The number of aryl methyl sites for hydroxylation is 2. The van der Waals surface area contributed by atoms with Crippen molar-refractivity contribution in [2.45, 2.75) is 44.6 Å². The molecule has 0 aliphatic rings. The number of rotatable bonds is 7. The maximum atomic E-state index is 12.3. The van der Waals surface area contributed by atoms with Crippen LogP contribution in [0.25, 0.3) is 0 Å². The lowest BCUT2D eigenvalue weighted by Crippen LogP contribution is -2.16. The van der Waals surface area contributed by atoms with Gasteiger partial charge < -0.3 is 0 Å². The molecule has 1 heterocycles. The Morgan fingerprint density at radius 1 is 1.14 bits per heavy atom. The van der Waals surface area contributed by atoms with E-state index in [1.807, 2.05) is 19.1 Å². The monoisotopic (exact) mass is 307 g/mol. The number of benzene rings is 1. The Morgan fingerprint density at radius 3 is 2.48 bits per heavy atom. The zero-order chi connectivity index (χ0) is 15.3. The number of hydrogen-bond acceptors (Lipinski definition) is 3. The minimum absolute atomic E-state index is 0.270. The predicted molar refractivity (Wildman–Crippen MR) is 83.8 cm³/mol. The summed E-state index contributed by atoms with van der Waals surface area (Å²) < 4.78 is 28.9. The number of anilines is 1. The lowest BCUT2D eigenvalue weighted by molar-refractivity contribution is 0.599. The van der Waals surface area contributed by atoms with E-state index in [-0.39, 0.29) is 4.90 Å². The summed E-state index contributed by atoms with van der Waals surface area (Å²) in [7, 11) is -3.56. The molecule has 0 amide bonds. The van der Waals surface area contributed by atoms with Crippen LogP contribution >= 0.6 is 0 Å². The Hall–Kier alpha value is -1.82. The van der Waals surface area contributed by atoms with Crippen LogP contribution in [0, 0.1) is 0 Å². The zero-order valence-electron chi connectivity index (χ0n) is 12.4. The van der Waals surface area contributed by atoms with E-state index in [4.69, 9.17) is 0 Å². The van der Waals surface area contributed by atoms with Crippen LogP contribution in [0.4, 0.5) is 5.82 Å². The molecule has 1 aromatic carbocycles. The summed E-state index contributed by atoms with van der Waals surface area (Å²) in [5.41, 5.74) is 1.16. The summed E-state index contributed by atoms with van der Waals surface area (Å²) in [6.45, 7) is 4.66. The summed E-state index contributed by atoms with van der Waals surface area (Å²) in [5.74, 6) is 0.479. The summed E-state index contributed by atoms with van der Waals surface area (Å²) >= 11 is 0. The molecule has 2 rings (SSSR count). The minimum atomic E-state index is -3.56. The highest BCUT2D eigenvalue weighted by Crippen LogP contribution is 2.17.